The minimum atomic E-state index is -0.475. The van der Waals surface area contributed by atoms with Crippen molar-refractivity contribution in [3.63, 3.8) is 0 Å². The van der Waals surface area contributed by atoms with Crippen LogP contribution in [0.15, 0.2) is 0 Å². The summed E-state index contributed by atoms with van der Waals surface area (Å²) in [6.07, 6.45) is 1.44. The Morgan fingerprint density at radius 2 is 2.13 bits per heavy atom. The van der Waals surface area contributed by atoms with E-state index in [1.807, 2.05) is 27.7 Å². The fraction of sp³-hybridized carbons (Fsp3) is 0.909. The molecule has 4 heteroatoms. The van der Waals surface area contributed by atoms with Gasteiger partial charge in [0.1, 0.15) is 5.60 Å². The largest absolute Gasteiger partial charge is 0.444 e. The van der Waals surface area contributed by atoms with E-state index in [0.717, 1.165) is 12.8 Å². The van der Waals surface area contributed by atoms with Crippen LogP contribution in [0.5, 0.6) is 0 Å². The van der Waals surface area contributed by atoms with Crippen LogP contribution in [0.4, 0.5) is 4.79 Å². The van der Waals surface area contributed by atoms with Crippen LogP contribution in [0, 0.1) is 0 Å². The van der Waals surface area contributed by atoms with Crippen LogP contribution in [0.2, 0.25) is 0 Å². The summed E-state index contributed by atoms with van der Waals surface area (Å²) < 4.78 is 5.17. The Hall–Kier alpha value is -0.770. The minimum absolute atomic E-state index is 0.301. The molecule has 2 N–H and O–H groups in total. The third-order valence-corrected chi connectivity index (χ3v) is 2.52. The van der Waals surface area contributed by atoms with Crippen molar-refractivity contribution in [2.75, 3.05) is 0 Å². The lowest BCUT2D eigenvalue weighted by molar-refractivity contribution is 0.0459. The number of carbonyl (C=O) groups excluding carboxylic acids is 1. The van der Waals surface area contributed by atoms with E-state index in [4.69, 9.17) is 4.74 Å². The number of hydrogen-bond acceptors (Lipinski definition) is 3. The number of aliphatic hydroxyl groups is 1. The fourth-order valence-electron chi connectivity index (χ4n) is 1.87. The molecule has 4 nitrogen and oxygen atoms in total. The van der Waals surface area contributed by atoms with E-state index >= 15 is 0 Å². The predicted octanol–water partition coefficient (Wildman–Crippen LogP) is 1.81. The van der Waals surface area contributed by atoms with Crippen LogP contribution >= 0.6 is 0 Å². The summed E-state index contributed by atoms with van der Waals surface area (Å²) in [5.41, 5.74) is -0.792. The molecular formula is C11H21NO3. The molecule has 0 heterocycles. The molecule has 2 unspecified atom stereocenters. The highest BCUT2D eigenvalue weighted by atomic mass is 16.6. The van der Waals surface area contributed by atoms with Gasteiger partial charge in [-0.3, -0.25) is 0 Å². The maximum atomic E-state index is 11.5. The second kappa shape index (κ2) is 4.00. The van der Waals surface area contributed by atoms with Crippen molar-refractivity contribution in [3.8, 4) is 0 Å². The van der Waals surface area contributed by atoms with E-state index in [1.165, 1.54) is 0 Å². The third kappa shape index (κ3) is 4.08. The first kappa shape index (κ1) is 12.3. The molecule has 0 saturated heterocycles. The van der Waals surface area contributed by atoms with Gasteiger partial charge in [-0.15, -0.1) is 0 Å². The standard InChI is InChI=1S/C11H21NO3/c1-10(2,3)15-9(14)12-11(4)6-5-8(13)7-11/h8,13H,5-7H2,1-4H3,(H,12,14). The van der Waals surface area contributed by atoms with Crippen molar-refractivity contribution in [3.05, 3.63) is 0 Å². The quantitative estimate of drug-likeness (QED) is 0.701. The van der Waals surface area contributed by atoms with Gasteiger partial charge in [0.2, 0.25) is 0 Å². The van der Waals surface area contributed by atoms with Crippen LogP contribution in [0.25, 0.3) is 0 Å². The zero-order valence-corrected chi connectivity index (χ0v) is 9.96. The zero-order chi connectivity index (χ0) is 11.7. The molecule has 1 aliphatic carbocycles. The molecular weight excluding hydrogens is 194 g/mol. The van der Waals surface area contributed by atoms with Gasteiger partial charge in [-0.05, 0) is 47.0 Å². The van der Waals surface area contributed by atoms with E-state index in [2.05, 4.69) is 5.32 Å². The van der Waals surface area contributed by atoms with E-state index in [-0.39, 0.29) is 11.6 Å². The average Bonchev–Trinajstić information content (AvgIpc) is 2.25. The Bertz CT molecular complexity index is 247. The van der Waals surface area contributed by atoms with Crippen LogP contribution < -0.4 is 5.32 Å². The lowest BCUT2D eigenvalue weighted by atomic mass is 10.0. The number of amides is 1. The first-order valence-corrected chi connectivity index (χ1v) is 5.39. The Kier molecular flexibility index (Phi) is 3.28. The van der Waals surface area contributed by atoms with Gasteiger partial charge in [0.05, 0.1) is 6.10 Å². The van der Waals surface area contributed by atoms with Crippen LogP contribution in [0.1, 0.15) is 47.0 Å². The third-order valence-electron chi connectivity index (χ3n) is 2.52. The van der Waals surface area contributed by atoms with E-state index < -0.39 is 11.7 Å². The predicted molar refractivity (Wildman–Crippen MR) is 57.6 cm³/mol. The molecule has 0 bridgehead atoms. The van der Waals surface area contributed by atoms with Crippen LogP contribution in [0.3, 0.4) is 0 Å². The number of ether oxygens (including phenoxy) is 1. The number of carbonyl (C=O) groups is 1. The minimum Gasteiger partial charge on any atom is -0.444 e. The number of hydrogen-bond donors (Lipinski definition) is 2. The van der Waals surface area contributed by atoms with Crippen molar-refractivity contribution < 1.29 is 14.6 Å². The van der Waals surface area contributed by atoms with Gasteiger partial charge in [0, 0.05) is 5.54 Å². The molecule has 1 saturated carbocycles. The van der Waals surface area contributed by atoms with Gasteiger partial charge in [-0.2, -0.15) is 0 Å². The maximum absolute atomic E-state index is 11.5. The summed E-state index contributed by atoms with van der Waals surface area (Å²) in [6.45, 7) is 7.43. The highest BCUT2D eigenvalue weighted by Crippen LogP contribution is 2.29. The molecule has 0 spiro atoms. The number of aliphatic hydroxyl groups excluding tert-OH is 1. The molecule has 0 aromatic rings. The van der Waals surface area contributed by atoms with Crippen LogP contribution in [-0.2, 0) is 4.74 Å². The molecule has 1 fully saturated rings. The number of alkyl carbamates (subject to hydrolysis) is 1. The number of nitrogens with one attached hydrogen (secondary N) is 1. The number of rotatable bonds is 1. The summed E-state index contributed by atoms with van der Waals surface area (Å²) in [5, 5.41) is 12.2. The second-order valence-electron chi connectivity index (χ2n) is 5.58. The summed E-state index contributed by atoms with van der Waals surface area (Å²) in [7, 11) is 0. The summed E-state index contributed by atoms with van der Waals surface area (Å²) in [6, 6.07) is 0. The second-order valence-corrected chi connectivity index (χ2v) is 5.58. The Morgan fingerprint density at radius 3 is 2.53 bits per heavy atom. The molecule has 0 aromatic heterocycles. The first-order valence-electron chi connectivity index (χ1n) is 5.39. The van der Waals surface area contributed by atoms with Crippen molar-refractivity contribution in [2.24, 2.45) is 0 Å². The van der Waals surface area contributed by atoms with Crippen molar-refractivity contribution in [2.45, 2.75) is 64.2 Å². The van der Waals surface area contributed by atoms with Gasteiger partial charge < -0.3 is 15.2 Å². The van der Waals surface area contributed by atoms with Gasteiger partial charge >= 0.3 is 6.09 Å². The zero-order valence-electron chi connectivity index (χ0n) is 9.96. The van der Waals surface area contributed by atoms with E-state index in [0.29, 0.717) is 6.42 Å². The smallest absolute Gasteiger partial charge is 0.408 e. The Morgan fingerprint density at radius 1 is 1.53 bits per heavy atom. The van der Waals surface area contributed by atoms with Gasteiger partial charge in [-0.25, -0.2) is 4.79 Å². The van der Waals surface area contributed by atoms with Crippen LogP contribution in [-0.4, -0.2) is 28.4 Å². The highest BCUT2D eigenvalue weighted by molar-refractivity contribution is 5.68. The Balaban J connectivity index is 2.45. The van der Waals surface area contributed by atoms with Gasteiger partial charge in [-0.1, -0.05) is 0 Å². The normalized spacial score (nSPS) is 31.4. The van der Waals surface area contributed by atoms with Gasteiger partial charge in [0.25, 0.3) is 0 Å². The summed E-state index contributed by atoms with van der Waals surface area (Å²) in [4.78, 5) is 11.5. The fourth-order valence-corrected chi connectivity index (χ4v) is 1.87. The summed E-state index contributed by atoms with van der Waals surface area (Å²) in [5.74, 6) is 0. The average molecular weight is 215 g/mol. The molecule has 2 atom stereocenters. The van der Waals surface area contributed by atoms with Crippen molar-refractivity contribution >= 4 is 6.09 Å². The molecule has 1 aliphatic rings. The topological polar surface area (TPSA) is 58.6 Å². The Labute approximate surface area is 91.0 Å². The molecule has 88 valence electrons. The van der Waals surface area contributed by atoms with Crippen molar-refractivity contribution in [1.29, 1.82) is 0 Å². The molecule has 15 heavy (non-hydrogen) atoms. The van der Waals surface area contributed by atoms with Gasteiger partial charge in [0.15, 0.2) is 0 Å². The molecule has 1 rings (SSSR count). The maximum Gasteiger partial charge on any atom is 0.408 e. The first-order chi connectivity index (χ1) is 6.70. The molecule has 0 aliphatic heterocycles. The van der Waals surface area contributed by atoms with Crippen molar-refractivity contribution in [1.82, 2.24) is 5.32 Å². The lowest BCUT2D eigenvalue weighted by Gasteiger charge is -2.28. The highest BCUT2D eigenvalue weighted by Gasteiger charge is 2.36. The SMILES string of the molecule is CC1(NC(=O)OC(C)(C)C)CCC(O)C1. The lowest BCUT2D eigenvalue weighted by Crippen LogP contribution is -2.46. The summed E-state index contributed by atoms with van der Waals surface area (Å²) >= 11 is 0. The van der Waals surface area contributed by atoms with E-state index in [9.17, 15) is 9.90 Å². The van der Waals surface area contributed by atoms with E-state index in [1.54, 1.807) is 0 Å². The molecule has 1 amide bonds. The molecule has 0 radical (unpaired) electrons. The molecule has 0 aromatic carbocycles. The monoisotopic (exact) mass is 215 g/mol.